The molecule has 0 radical (unpaired) electrons. The van der Waals surface area contributed by atoms with Gasteiger partial charge in [-0.3, -0.25) is 0 Å². The van der Waals surface area contributed by atoms with Crippen molar-refractivity contribution < 1.29 is 9.53 Å². The minimum atomic E-state index is -0.230. The topological polar surface area (TPSA) is 80.0 Å². The molecule has 134 valence electrons. The Bertz CT molecular complexity index is 557. The third-order valence-electron chi connectivity index (χ3n) is 3.89. The van der Waals surface area contributed by atoms with Gasteiger partial charge in [0.2, 0.25) is 0 Å². The molecular formula is C17H27IN4O2. The first kappa shape index (κ1) is 20.5. The van der Waals surface area contributed by atoms with Gasteiger partial charge in [-0.25, -0.2) is 9.79 Å². The predicted octanol–water partition coefficient (Wildman–Crippen LogP) is 2.64. The van der Waals surface area contributed by atoms with Crippen LogP contribution in [0.25, 0.3) is 0 Å². The molecule has 7 heteroatoms. The van der Waals surface area contributed by atoms with Gasteiger partial charge < -0.3 is 20.7 Å². The van der Waals surface area contributed by atoms with Gasteiger partial charge in [0.15, 0.2) is 5.96 Å². The lowest BCUT2D eigenvalue weighted by Gasteiger charge is -2.31. The van der Waals surface area contributed by atoms with Crippen LogP contribution in [0.4, 0.5) is 4.79 Å². The van der Waals surface area contributed by atoms with Crippen LogP contribution in [-0.4, -0.2) is 42.7 Å². The minimum Gasteiger partial charge on any atom is -0.450 e. The van der Waals surface area contributed by atoms with Gasteiger partial charge in [0.05, 0.1) is 13.2 Å². The van der Waals surface area contributed by atoms with E-state index < -0.39 is 0 Å². The Morgan fingerprint density at radius 2 is 2.12 bits per heavy atom. The molecule has 0 saturated carbocycles. The molecule has 1 aliphatic rings. The minimum absolute atomic E-state index is 0. The van der Waals surface area contributed by atoms with Crippen molar-refractivity contribution in [1.82, 2.24) is 10.2 Å². The number of hydrogen-bond acceptors (Lipinski definition) is 3. The molecule has 6 nitrogen and oxygen atoms in total. The van der Waals surface area contributed by atoms with E-state index in [1.165, 1.54) is 5.56 Å². The van der Waals surface area contributed by atoms with Gasteiger partial charge in [-0.1, -0.05) is 29.8 Å². The summed E-state index contributed by atoms with van der Waals surface area (Å²) in [5, 5.41) is 3.24. The lowest BCUT2D eigenvalue weighted by Crippen LogP contribution is -2.48. The monoisotopic (exact) mass is 446 g/mol. The number of benzene rings is 1. The Kier molecular flexibility index (Phi) is 8.88. The number of rotatable bonds is 4. The first-order valence-electron chi connectivity index (χ1n) is 8.12. The van der Waals surface area contributed by atoms with Crippen molar-refractivity contribution in [2.75, 3.05) is 19.7 Å². The van der Waals surface area contributed by atoms with Crippen molar-refractivity contribution in [3.05, 3.63) is 35.4 Å². The van der Waals surface area contributed by atoms with Crippen LogP contribution < -0.4 is 11.1 Å². The van der Waals surface area contributed by atoms with Crippen LogP contribution in [0.1, 0.15) is 30.9 Å². The van der Waals surface area contributed by atoms with Crippen LogP contribution in [0.5, 0.6) is 0 Å². The summed E-state index contributed by atoms with van der Waals surface area (Å²) in [7, 11) is 0. The smallest absolute Gasteiger partial charge is 0.409 e. The molecule has 1 saturated heterocycles. The molecule has 1 heterocycles. The Labute approximate surface area is 160 Å². The second kappa shape index (κ2) is 10.4. The summed E-state index contributed by atoms with van der Waals surface area (Å²) >= 11 is 0. The number of guanidine groups is 1. The fraction of sp³-hybridized carbons (Fsp3) is 0.529. The first-order chi connectivity index (χ1) is 11.1. The van der Waals surface area contributed by atoms with Crippen molar-refractivity contribution in [2.45, 2.75) is 39.3 Å². The van der Waals surface area contributed by atoms with E-state index in [1.54, 1.807) is 4.90 Å². The van der Waals surface area contributed by atoms with E-state index >= 15 is 0 Å². The maximum atomic E-state index is 11.6. The average Bonchev–Trinajstić information content (AvgIpc) is 2.54. The van der Waals surface area contributed by atoms with E-state index in [-0.39, 0.29) is 36.1 Å². The maximum Gasteiger partial charge on any atom is 0.409 e. The van der Waals surface area contributed by atoms with Crippen LogP contribution in [0.15, 0.2) is 29.3 Å². The highest BCUT2D eigenvalue weighted by Gasteiger charge is 2.23. The summed E-state index contributed by atoms with van der Waals surface area (Å²) in [6.07, 6.45) is 1.46. The number of nitrogens with one attached hydrogen (secondary N) is 1. The molecular weight excluding hydrogens is 419 g/mol. The van der Waals surface area contributed by atoms with Crippen LogP contribution in [0, 0.1) is 6.92 Å². The van der Waals surface area contributed by atoms with Gasteiger partial charge in [0, 0.05) is 19.1 Å². The second-order valence-corrected chi connectivity index (χ2v) is 5.80. The lowest BCUT2D eigenvalue weighted by atomic mass is 10.1. The van der Waals surface area contributed by atoms with Gasteiger partial charge in [-0.2, -0.15) is 0 Å². The Hall–Kier alpha value is -1.51. The molecule has 0 bridgehead atoms. The fourth-order valence-corrected chi connectivity index (χ4v) is 2.66. The summed E-state index contributed by atoms with van der Waals surface area (Å²) in [4.78, 5) is 17.8. The van der Waals surface area contributed by atoms with E-state index in [0.717, 1.165) is 18.4 Å². The Balaban J connectivity index is 0.00000288. The number of hydrogen-bond donors (Lipinski definition) is 2. The zero-order chi connectivity index (χ0) is 16.7. The van der Waals surface area contributed by atoms with Crippen molar-refractivity contribution in [2.24, 2.45) is 10.7 Å². The number of halogens is 1. The van der Waals surface area contributed by atoms with E-state index in [4.69, 9.17) is 10.5 Å². The zero-order valence-electron chi connectivity index (χ0n) is 14.3. The highest BCUT2D eigenvalue weighted by Crippen LogP contribution is 2.11. The number of carbonyl (C=O) groups is 1. The van der Waals surface area contributed by atoms with Crippen molar-refractivity contribution in [3.63, 3.8) is 0 Å². The SMILES string of the molecule is CCOC(=O)N1CCC(NC(N)=NCc2cccc(C)c2)CC1.I. The Morgan fingerprint density at radius 3 is 2.75 bits per heavy atom. The van der Waals surface area contributed by atoms with Gasteiger partial charge in [0.1, 0.15) is 0 Å². The molecule has 0 aromatic heterocycles. The average molecular weight is 446 g/mol. The van der Waals surface area contributed by atoms with E-state index in [1.807, 2.05) is 19.1 Å². The van der Waals surface area contributed by atoms with E-state index in [2.05, 4.69) is 29.4 Å². The molecule has 0 spiro atoms. The van der Waals surface area contributed by atoms with Gasteiger partial charge in [-0.05, 0) is 32.3 Å². The molecule has 24 heavy (non-hydrogen) atoms. The third kappa shape index (κ3) is 6.54. The predicted molar refractivity (Wildman–Crippen MR) is 107 cm³/mol. The number of piperidine rings is 1. The fourth-order valence-electron chi connectivity index (χ4n) is 2.66. The number of aliphatic imine (C=N–C) groups is 1. The molecule has 0 atom stereocenters. The summed E-state index contributed by atoms with van der Waals surface area (Å²) in [5.74, 6) is 0.459. The van der Waals surface area contributed by atoms with Crippen LogP contribution in [-0.2, 0) is 11.3 Å². The molecule has 1 aromatic rings. The first-order valence-corrected chi connectivity index (χ1v) is 8.12. The van der Waals surface area contributed by atoms with Gasteiger partial charge in [-0.15, -0.1) is 24.0 Å². The van der Waals surface area contributed by atoms with Gasteiger partial charge >= 0.3 is 6.09 Å². The van der Waals surface area contributed by atoms with Crippen molar-refractivity contribution in [3.8, 4) is 0 Å². The highest BCUT2D eigenvalue weighted by molar-refractivity contribution is 14.0. The standard InChI is InChI=1S/C17H26N4O2.HI/c1-3-23-17(22)21-9-7-15(8-10-21)20-16(18)19-12-14-6-4-5-13(2)11-14;/h4-6,11,15H,3,7-10,12H2,1-2H3,(H3,18,19,20);1H. The number of ether oxygens (including phenoxy) is 1. The molecule has 0 unspecified atom stereocenters. The molecule has 1 fully saturated rings. The summed E-state index contributed by atoms with van der Waals surface area (Å²) in [5.41, 5.74) is 8.33. The zero-order valence-corrected chi connectivity index (χ0v) is 16.7. The molecule has 1 aromatic carbocycles. The van der Waals surface area contributed by atoms with E-state index in [0.29, 0.717) is 32.2 Å². The molecule has 2 rings (SSSR count). The molecule has 0 aliphatic carbocycles. The summed E-state index contributed by atoms with van der Waals surface area (Å²) in [6, 6.07) is 8.49. The number of nitrogens with two attached hydrogens (primary N) is 1. The normalized spacial score (nSPS) is 15.6. The molecule has 3 N–H and O–H groups in total. The molecule has 1 amide bonds. The number of likely N-dealkylation sites (tertiary alicyclic amines) is 1. The lowest BCUT2D eigenvalue weighted by molar-refractivity contribution is 0.0963. The number of aryl methyl sites for hydroxylation is 1. The second-order valence-electron chi connectivity index (χ2n) is 5.80. The quantitative estimate of drug-likeness (QED) is 0.424. The van der Waals surface area contributed by atoms with Crippen LogP contribution >= 0.6 is 24.0 Å². The summed E-state index contributed by atoms with van der Waals surface area (Å²) < 4.78 is 5.01. The van der Waals surface area contributed by atoms with Crippen molar-refractivity contribution in [1.29, 1.82) is 0 Å². The number of carbonyl (C=O) groups excluding carboxylic acids is 1. The van der Waals surface area contributed by atoms with Gasteiger partial charge in [0.25, 0.3) is 0 Å². The largest absolute Gasteiger partial charge is 0.450 e. The van der Waals surface area contributed by atoms with Crippen molar-refractivity contribution >= 4 is 36.0 Å². The van der Waals surface area contributed by atoms with Crippen LogP contribution in [0.3, 0.4) is 0 Å². The summed E-state index contributed by atoms with van der Waals surface area (Å²) in [6.45, 7) is 6.23. The number of amides is 1. The highest BCUT2D eigenvalue weighted by atomic mass is 127. The maximum absolute atomic E-state index is 11.6. The Morgan fingerprint density at radius 1 is 1.42 bits per heavy atom. The molecule has 1 aliphatic heterocycles. The number of nitrogens with zero attached hydrogens (tertiary/aromatic N) is 2. The van der Waals surface area contributed by atoms with E-state index in [9.17, 15) is 4.79 Å². The third-order valence-corrected chi connectivity index (χ3v) is 3.89. The van der Waals surface area contributed by atoms with Crippen LogP contribution in [0.2, 0.25) is 0 Å².